The zero-order chi connectivity index (χ0) is 21.2. The van der Waals surface area contributed by atoms with E-state index in [0.717, 1.165) is 32.1 Å². The van der Waals surface area contributed by atoms with E-state index in [1.807, 2.05) is 0 Å². The van der Waals surface area contributed by atoms with Gasteiger partial charge in [-0.2, -0.15) is 0 Å². The lowest BCUT2D eigenvalue weighted by Crippen LogP contribution is -2.58. The summed E-state index contributed by atoms with van der Waals surface area (Å²) in [6, 6.07) is 16.5. The molecular formula is C25H31N3O3. The van der Waals surface area contributed by atoms with Crippen LogP contribution in [0.2, 0.25) is 0 Å². The van der Waals surface area contributed by atoms with E-state index in [1.165, 1.54) is 18.4 Å². The monoisotopic (exact) mass is 421 g/mol. The van der Waals surface area contributed by atoms with Gasteiger partial charge in [-0.3, -0.25) is 9.69 Å². The Kier molecular flexibility index (Phi) is 5.83. The third kappa shape index (κ3) is 4.55. The average Bonchev–Trinajstić information content (AvgIpc) is 3.26. The zero-order valence-corrected chi connectivity index (χ0v) is 18.1. The fourth-order valence-corrected chi connectivity index (χ4v) is 5.38. The zero-order valence-electron chi connectivity index (χ0n) is 18.1. The van der Waals surface area contributed by atoms with Gasteiger partial charge in [-0.15, -0.1) is 0 Å². The fourth-order valence-electron chi connectivity index (χ4n) is 5.38. The molecule has 0 radical (unpaired) electrons. The second kappa shape index (κ2) is 8.89. The third-order valence-electron chi connectivity index (χ3n) is 6.99. The second-order valence-corrected chi connectivity index (χ2v) is 9.15. The molecule has 1 unspecified atom stereocenters. The molecule has 1 amide bonds. The highest BCUT2D eigenvalue weighted by molar-refractivity contribution is 5.94. The molecule has 4 heterocycles. The molecule has 0 spiro atoms. The molecule has 0 aromatic heterocycles. The minimum atomic E-state index is -0.0416. The molecule has 2 aromatic carbocycles. The molecular weight excluding hydrogens is 390 g/mol. The normalized spacial score (nSPS) is 26.3. The van der Waals surface area contributed by atoms with Crippen LogP contribution in [-0.4, -0.2) is 61.8 Å². The topological polar surface area (TPSA) is 54.0 Å². The number of hydrogen-bond donors (Lipinski definition) is 1. The lowest BCUT2D eigenvalue weighted by Gasteiger charge is -2.50. The lowest BCUT2D eigenvalue weighted by atomic mass is 9.75. The summed E-state index contributed by atoms with van der Waals surface area (Å²) < 4.78 is 10.7. The van der Waals surface area contributed by atoms with E-state index < -0.39 is 0 Å². The van der Waals surface area contributed by atoms with Crippen LogP contribution in [0.4, 0.5) is 0 Å². The van der Waals surface area contributed by atoms with Crippen molar-refractivity contribution in [2.45, 2.75) is 25.4 Å². The first kappa shape index (κ1) is 20.3. The van der Waals surface area contributed by atoms with Crippen LogP contribution in [0.15, 0.2) is 48.5 Å². The van der Waals surface area contributed by atoms with Crippen LogP contribution in [0.3, 0.4) is 0 Å². The van der Waals surface area contributed by atoms with Gasteiger partial charge in [0.25, 0.3) is 5.91 Å². The SMILES string of the molecule is CN(Cc1ccccc1)C[C@@H]1CN2CC[C@H]1C[C@@H]2CNC(=O)c1ccc2c(c1)OCO2. The number of nitrogens with one attached hydrogen (secondary N) is 1. The molecule has 31 heavy (non-hydrogen) atoms. The van der Waals surface area contributed by atoms with E-state index in [1.54, 1.807) is 18.2 Å². The molecule has 6 heteroatoms. The van der Waals surface area contributed by atoms with Crippen LogP contribution < -0.4 is 14.8 Å². The molecule has 164 valence electrons. The molecule has 4 aliphatic heterocycles. The van der Waals surface area contributed by atoms with E-state index >= 15 is 0 Å². The number of benzene rings is 2. The van der Waals surface area contributed by atoms with Crippen molar-refractivity contribution in [2.75, 3.05) is 40.0 Å². The fraction of sp³-hybridized carbons (Fsp3) is 0.480. The van der Waals surface area contributed by atoms with Crippen LogP contribution in [0.1, 0.15) is 28.8 Å². The molecule has 4 aliphatic rings. The quantitative estimate of drug-likeness (QED) is 0.745. The van der Waals surface area contributed by atoms with Gasteiger partial charge in [-0.05, 0) is 62.0 Å². The van der Waals surface area contributed by atoms with Gasteiger partial charge in [0.2, 0.25) is 6.79 Å². The largest absolute Gasteiger partial charge is 0.454 e. The first-order valence-electron chi connectivity index (χ1n) is 11.3. The van der Waals surface area contributed by atoms with Gasteiger partial charge in [0.1, 0.15) is 0 Å². The Morgan fingerprint density at radius 1 is 1.16 bits per heavy atom. The number of carbonyl (C=O) groups is 1. The van der Waals surface area contributed by atoms with Gasteiger partial charge in [0.05, 0.1) is 0 Å². The molecule has 2 bridgehead atoms. The highest BCUT2D eigenvalue weighted by atomic mass is 16.7. The van der Waals surface area contributed by atoms with E-state index in [9.17, 15) is 4.79 Å². The third-order valence-corrected chi connectivity index (χ3v) is 6.99. The lowest BCUT2D eigenvalue weighted by molar-refractivity contribution is -0.00955. The van der Waals surface area contributed by atoms with Crippen molar-refractivity contribution >= 4 is 5.91 Å². The molecule has 4 atom stereocenters. The van der Waals surface area contributed by atoms with Gasteiger partial charge in [-0.25, -0.2) is 0 Å². The summed E-state index contributed by atoms with van der Waals surface area (Å²) in [6.07, 6.45) is 2.45. The van der Waals surface area contributed by atoms with Crippen molar-refractivity contribution < 1.29 is 14.3 Å². The number of nitrogens with zero attached hydrogens (tertiary/aromatic N) is 2. The van der Waals surface area contributed by atoms with E-state index in [-0.39, 0.29) is 12.7 Å². The standard InChI is InChI=1S/C25H31N3O3/c1-27(14-18-5-3-2-4-6-18)15-21-16-28-10-9-19(21)11-22(28)13-26-25(29)20-7-8-23-24(12-20)31-17-30-23/h2-8,12,19,21-22H,9-11,13-17H2,1H3,(H,26,29)/t19-,21+,22+/m0/s1. The summed E-state index contributed by atoms with van der Waals surface area (Å²) in [5.41, 5.74) is 2.00. The highest BCUT2D eigenvalue weighted by Gasteiger charge is 2.40. The van der Waals surface area contributed by atoms with Crippen LogP contribution >= 0.6 is 0 Å². The summed E-state index contributed by atoms with van der Waals surface area (Å²) >= 11 is 0. The van der Waals surface area contributed by atoms with Crippen molar-refractivity contribution in [3.8, 4) is 11.5 Å². The summed E-state index contributed by atoms with van der Waals surface area (Å²) in [5, 5.41) is 3.15. The van der Waals surface area contributed by atoms with Crippen molar-refractivity contribution in [3.63, 3.8) is 0 Å². The van der Waals surface area contributed by atoms with Crippen molar-refractivity contribution in [2.24, 2.45) is 11.8 Å². The molecule has 3 fully saturated rings. The molecule has 0 aliphatic carbocycles. The summed E-state index contributed by atoms with van der Waals surface area (Å²) in [5.74, 6) is 2.77. The van der Waals surface area contributed by atoms with Gasteiger partial charge in [0.15, 0.2) is 11.5 Å². The smallest absolute Gasteiger partial charge is 0.251 e. The first-order valence-corrected chi connectivity index (χ1v) is 11.3. The van der Waals surface area contributed by atoms with Crippen molar-refractivity contribution in [1.29, 1.82) is 0 Å². The van der Waals surface area contributed by atoms with Crippen LogP contribution in [0, 0.1) is 11.8 Å². The minimum absolute atomic E-state index is 0.0416. The predicted molar refractivity (Wildman–Crippen MR) is 119 cm³/mol. The van der Waals surface area contributed by atoms with E-state index in [0.29, 0.717) is 35.6 Å². The number of carbonyl (C=O) groups excluding carboxylic acids is 1. The average molecular weight is 422 g/mol. The Labute approximate surface area is 184 Å². The molecule has 2 aromatic rings. The van der Waals surface area contributed by atoms with Gasteiger partial charge in [0, 0.05) is 37.8 Å². The Morgan fingerprint density at radius 3 is 2.81 bits per heavy atom. The number of amides is 1. The summed E-state index contributed by atoms with van der Waals surface area (Å²) in [6.45, 7) is 5.34. The maximum absolute atomic E-state index is 12.6. The van der Waals surface area contributed by atoms with Gasteiger partial charge in [-0.1, -0.05) is 30.3 Å². The number of fused-ring (bicyclic) bond motifs is 4. The highest BCUT2D eigenvalue weighted by Crippen LogP contribution is 2.37. The maximum Gasteiger partial charge on any atom is 0.251 e. The molecule has 3 saturated heterocycles. The van der Waals surface area contributed by atoms with Crippen LogP contribution in [-0.2, 0) is 6.54 Å². The Morgan fingerprint density at radius 2 is 2.00 bits per heavy atom. The van der Waals surface area contributed by atoms with Crippen LogP contribution in [0.25, 0.3) is 0 Å². The Bertz CT molecular complexity index is 919. The van der Waals surface area contributed by atoms with Gasteiger partial charge < -0.3 is 19.7 Å². The minimum Gasteiger partial charge on any atom is -0.454 e. The number of ether oxygens (including phenoxy) is 2. The van der Waals surface area contributed by atoms with Crippen molar-refractivity contribution in [1.82, 2.24) is 15.1 Å². The number of piperidine rings is 3. The summed E-state index contributed by atoms with van der Waals surface area (Å²) in [7, 11) is 2.23. The Balaban J connectivity index is 1.12. The van der Waals surface area contributed by atoms with Crippen LogP contribution in [0.5, 0.6) is 11.5 Å². The Hall–Kier alpha value is -2.57. The molecule has 6 rings (SSSR count). The maximum atomic E-state index is 12.6. The number of hydrogen-bond acceptors (Lipinski definition) is 5. The summed E-state index contributed by atoms with van der Waals surface area (Å²) in [4.78, 5) is 17.7. The second-order valence-electron chi connectivity index (χ2n) is 9.15. The molecule has 6 nitrogen and oxygen atoms in total. The first-order chi connectivity index (χ1) is 15.2. The number of rotatable bonds is 7. The molecule has 0 saturated carbocycles. The van der Waals surface area contributed by atoms with E-state index in [2.05, 4.69) is 52.5 Å². The van der Waals surface area contributed by atoms with Crippen molar-refractivity contribution in [3.05, 3.63) is 59.7 Å². The predicted octanol–water partition coefficient (Wildman–Crippen LogP) is 2.99. The molecule has 1 N–H and O–H groups in total. The van der Waals surface area contributed by atoms with E-state index in [4.69, 9.17) is 9.47 Å². The van der Waals surface area contributed by atoms with Gasteiger partial charge >= 0.3 is 0 Å².